The summed E-state index contributed by atoms with van der Waals surface area (Å²) in [7, 11) is 0. The second kappa shape index (κ2) is 7.53. The number of hydrazine groups is 1. The molecule has 3 heterocycles. The van der Waals surface area contributed by atoms with Crippen LogP contribution >= 0.6 is 11.6 Å². The summed E-state index contributed by atoms with van der Waals surface area (Å²) in [5, 5.41) is 2.31. The standard InChI is InChI=1S/C19H20ClN3O3/c20-15-5-3-14(4-6-15)16-12-17(18-2-1-9-26-18)23(21-16)19(24)13-22-7-10-25-11-8-22/h1-6,9,12,17,21H,7-8,10-11,13H2/t17-/m0/s1. The maximum atomic E-state index is 12.9. The first kappa shape index (κ1) is 17.1. The number of morpholine rings is 1. The number of carbonyl (C=O) groups is 1. The number of rotatable bonds is 4. The number of carbonyl (C=O) groups excluding carboxylic acids is 1. The zero-order valence-electron chi connectivity index (χ0n) is 14.2. The molecule has 1 aromatic heterocycles. The van der Waals surface area contributed by atoms with E-state index in [1.165, 1.54) is 0 Å². The lowest BCUT2D eigenvalue weighted by Crippen LogP contribution is -2.48. The van der Waals surface area contributed by atoms with Crippen LogP contribution in [0, 0.1) is 0 Å². The Kier molecular flexibility index (Phi) is 4.97. The molecule has 4 rings (SSSR count). The van der Waals surface area contributed by atoms with Gasteiger partial charge in [0.25, 0.3) is 5.91 Å². The highest BCUT2D eigenvalue weighted by atomic mass is 35.5. The van der Waals surface area contributed by atoms with Gasteiger partial charge >= 0.3 is 0 Å². The van der Waals surface area contributed by atoms with Crippen molar-refractivity contribution in [1.29, 1.82) is 0 Å². The van der Waals surface area contributed by atoms with Crippen LogP contribution in [0.2, 0.25) is 5.02 Å². The predicted molar refractivity (Wildman–Crippen MR) is 98.1 cm³/mol. The van der Waals surface area contributed by atoms with Gasteiger partial charge in [0.1, 0.15) is 11.8 Å². The minimum absolute atomic E-state index is 0.00601. The van der Waals surface area contributed by atoms with Gasteiger partial charge in [-0.3, -0.25) is 15.1 Å². The molecule has 2 aliphatic rings. The van der Waals surface area contributed by atoms with Crippen LogP contribution in [0.3, 0.4) is 0 Å². The summed E-state index contributed by atoms with van der Waals surface area (Å²) in [5.74, 6) is 0.713. The number of furan rings is 1. The smallest absolute Gasteiger partial charge is 0.256 e. The fourth-order valence-electron chi connectivity index (χ4n) is 3.17. The predicted octanol–water partition coefficient (Wildman–Crippen LogP) is 2.69. The topological polar surface area (TPSA) is 58.0 Å². The Morgan fingerprint density at radius 1 is 1.19 bits per heavy atom. The third-order valence-electron chi connectivity index (χ3n) is 4.56. The molecule has 6 nitrogen and oxygen atoms in total. The lowest BCUT2D eigenvalue weighted by atomic mass is 10.1. The van der Waals surface area contributed by atoms with E-state index < -0.39 is 0 Å². The molecule has 2 aliphatic heterocycles. The zero-order chi connectivity index (χ0) is 17.9. The summed E-state index contributed by atoms with van der Waals surface area (Å²) in [4.78, 5) is 15.0. The molecule has 0 spiro atoms. The molecule has 0 radical (unpaired) electrons. The monoisotopic (exact) mass is 373 g/mol. The number of amides is 1. The highest BCUT2D eigenvalue weighted by molar-refractivity contribution is 6.30. The van der Waals surface area contributed by atoms with Gasteiger partial charge in [-0.1, -0.05) is 23.7 Å². The number of halogens is 1. The highest BCUT2D eigenvalue weighted by Gasteiger charge is 2.33. The van der Waals surface area contributed by atoms with Gasteiger partial charge in [0.15, 0.2) is 0 Å². The number of nitrogens with one attached hydrogen (secondary N) is 1. The summed E-state index contributed by atoms with van der Waals surface area (Å²) in [6.45, 7) is 3.20. The minimum atomic E-state index is -0.288. The Labute approximate surface area is 156 Å². The summed E-state index contributed by atoms with van der Waals surface area (Å²) < 4.78 is 10.9. The maximum Gasteiger partial charge on any atom is 0.256 e. The van der Waals surface area contributed by atoms with Gasteiger partial charge in [-0.25, -0.2) is 5.01 Å². The van der Waals surface area contributed by atoms with Crippen molar-refractivity contribution in [3.63, 3.8) is 0 Å². The summed E-state index contributed by atoms with van der Waals surface area (Å²) >= 11 is 5.98. The zero-order valence-corrected chi connectivity index (χ0v) is 15.0. The third kappa shape index (κ3) is 3.62. The Bertz CT molecular complexity index is 783. The fraction of sp³-hybridized carbons (Fsp3) is 0.316. The molecule has 1 atom stereocenters. The van der Waals surface area contributed by atoms with E-state index in [1.54, 1.807) is 11.3 Å². The van der Waals surface area contributed by atoms with Crippen molar-refractivity contribution in [3.8, 4) is 0 Å². The third-order valence-corrected chi connectivity index (χ3v) is 4.82. The molecular weight excluding hydrogens is 354 g/mol. The first-order valence-electron chi connectivity index (χ1n) is 8.61. The van der Waals surface area contributed by atoms with Crippen LogP contribution in [-0.2, 0) is 9.53 Å². The largest absolute Gasteiger partial charge is 0.467 e. The first-order valence-corrected chi connectivity index (χ1v) is 8.98. The quantitative estimate of drug-likeness (QED) is 0.893. The van der Waals surface area contributed by atoms with Gasteiger partial charge in [-0.2, -0.15) is 0 Å². The molecule has 1 fully saturated rings. The molecule has 1 saturated heterocycles. The normalized spacial score (nSPS) is 20.7. The van der Waals surface area contributed by atoms with Crippen LogP contribution in [0.15, 0.2) is 53.2 Å². The van der Waals surface area contributed by atoms with E-state index in [0.717, 1.165) is 30.1 Å². The van der Waals surface area contributed by atoms with Crippen LogP contribution in [0.4, 0.5) is 0 Å². The Hall–Kier alpha value is -2.28. The van der Waals surface area contributed by atoms with E-state index in [-0.39, 0.29) is 11.9 Å². The Morgan fingerprint density at radius 3 is 2.65 bits per heavy atom. The van der Waals surface area contributed by atoms with Crippen LogP contribution in [0.1, 0.15) is 17.4 Å². The van der Waals surface area contributed by atoms with Gasteiger partial charge < -0.3 is 9.15 Å². The van der Waals surface area contributed by atoms with Crippen molar-refractivity contribution in [1.82, 2.24) is 15.3 Å². The number of hydrogen-bond acceptors (Lipinski definition) is 5. The van der Waals surface area contributed by atoms with Crippen molar-refractivity contribution < 1.29 is 13.9 Å². The van der Waals surface area contributed by atoms with Crippen LogP contribution in [0.5, 0.6) is 0 Å². The Morgan fingerprint density at radius 2 is 1.96 bits per heavy atom. The number of benzene rings is 1. The second-order valence-corrected chi connectivity index (χ2v) is 6.75. The van der Waals surface area contributed by atoms with Gasteiger partial charge in [0.2, 0.25) is 0 Å². The van der Waals surface area contributed by atoms with Crippen molar-refractivity contribution in [3.05, 3.63) is 65.1 Å². The lowest BCUT2D eigenvalue weighted by molar-refractivity contribution is -0.137. The molecule has 2 aromatic rings. The van der Waals surface area contributed by atoms with E-state index in [4.69, 9.17) is 20.8 Å². The van der Waals surface area contributed by atoms with Crippen molar-refractivity contribution in [2.75, 3.05) is 32.8 Å². The van der Waals surface area contributed by atoms with Gasteiger partial charge in [-0.05, 0) is 35.9 Å². The van der Waals surface area contributed by atoms with Crippen molar-refractivity contribution >= 4 is 23.2 Å². The highest BCUT2D eigenvalue weighted by Crippen LogP contribution is 2.32. The molecule has 1 aromatic carbocycles. The van der Waals surface area contributed by atoms with Gasteiger partial charge in [0.05, 0.1) is 31.7 Å². The molecule has 136 valence electrons. The van der Waals surface area contributed by atoms with Gasteiger partial charge in [-0.15, -0.1) is 0 Å². The molecule has 0 bridgehead atoms. The number of nitrogens with zero attached hydrogens (tertiary/aromatic N) is 2. The van der Waals surface area contributed by atoms with Gasteiger partial charge in [0, 0.05) is 18.1 Å². The molecule has 1 N–H and O–H groups in total. The molecule has 0 unspecified atom stereocenters. The molecule has 0 aliphatic carbocycles. The van der Waals surface area contributed by atoms with Crippen molar-refractivity contribution in [2.45, 2.75) is 6.04 Å². The molecule has 0 saturated carbocycles. The summed E-state index contributed by atoms with van der Waals surface area (Å²) in [6.07, 6.45) is 3.62. The summed E-state index contributed by atoms with van der Waals surface area (Å²) in [6, 6.07) is 10.9. The SMILES string of the molecule is O=C(CN1CCOCC1)N1NC(c2ccc(Cl)cc2)=C[C@H]1c1ccco1. The van der Waals surface area contributed by atoms with E-state index in [1.807, 2.05) is 42.5 Å². The number of hydrogen-bond donors (Lipinski definition) is 1. The van der Waals surface area contributed by atoms with Crippen LogP contribution < -0.4 is 5.43 Å². The number of ether oxygens (including phenoxy) is 1. The molecular formula is C19H20ClN3O3. The van der Waals surface area contributed by atoms with Crippen LogP contribution in [-0.4, -0.2) is 48.7 Å². The van der Waals surface area contributed by atoms with E-state index in [0.29, 0.717) is 24.8 Å². The van der Waals surface area contributed by atoms with E-state index in [9.17, 15) is 4.79 Å². The maximum absolute atomic E-state index is 12.9. The minimum Gasteiger partial charge on any atom is -0.467 e. The summed E-state index contributed by atoms with van der Waals surface area (Å²) in [5.41, 5.74) is 5.06. The Balaban J connectivity index is 1.55. The average Bonchev–Trinajstić information content (AvgIpc) is 3.33. The molecule has 1 amide bonds. The first-order chi connectivity index (χ1) is 12.7. The van der Waals surface area contributed by atoms with Crippen molar-refractivity contribution in [2.24, 2.45) is 0 Å². The second-order valence-electron chi connectivity index (χ2n) is 6.31. The lowest BCUT2D eigenvalue weighted by Gasteiger charge is -2.30. The molecule has 7 heteroatoms. The molecule has 26 heavy (non-hydrogen) atoms. The fourth-order valence-corrected chi connectivity index (χ4v) is 3.30. The van der Waals surface area contributed by atoms with E-state index in [2.05, 4.69) is 10.3 Å². The van der Waals surface area contributed by atoms with E-state index >= 15 is 0 Å². The van der Waals surface area contributed by atoms with Crippen LogP contribution in [0.25, 0.3) is 5.70 Å². The average molecular weight is 374 g/mol.